The number of piperidine rings is 1. The van der Waals surface area contributed by atoms with Gasteiger partial charge in [-0.2, -0.15) is 0 Å². The molecule has 2 saturated heterocycles. The molecule has 0 bridgehead atoms. The molecule has 204 valence electrons. The molecule has 1 spiro atoms. The first kappa shape index (κ1) is 26.8. The van der Waals surface area contributed by atoms with Crippen LogP contribution in [0.2, 0.25) is 0 Å². The first-order valence-corrected chi connectivity index (χ1v) is 13.3. The van der Waals surface area contributed by atoms with Crippen molar-refractivity contribution in [2.45, 2.75) is 57.7 Å². The molecule has 4 aliphatic heterocycles. The van der Waals surface area contributed by atoms with E-state index in [-0.39, 0.29) is 41.8 Å². The molecule has 2 aromatic heterocycles. The predicted octanol–water partition coefficient (Wildman–Crippen LogP) is 2.60. The fourth-order valence-corrected chi connectivity index (χ4v) is 6.16. The van der Waals surface area contributed by atoms with Crippen LogP contribution in [-0.4, -0.2) is 84.1 Å². The van der Waals surface area contributed by atoms with Gasteiger partial charge in [-0.1, -0.05) is 6.92 Å². The number of aliphatic imine (C=N–C) groups is 1. The van der Waals surface area contributed by atoms with Crippen LogP contribution in [0.1, 0.15) is 66.6 Å². The second kappa shape index (κ2) is 10.1. The maximum atomic E-state index is 12.5. The van der Waals surface area contributed by atoms with Crippen LogP contribution in [0.25, 0.3) is 0 Å². The van der Waals surface area contributed by atoms with Crippen molar-refractivity contribution in [2.75, 3.05) is 50.1 Å². The monoisotopic (exact) mass is 540 g/mol. The molecule has 2 N–H and O–H groups in total. The second-order valence-corrected chi connectivity index (χ2v) is 11.2. The minimum Gasteiger partial charge on any atom is -0.376 e. The van der Waals surface area contributed by atoms with Gasteiger partial charge < -0.3 is 25.2 Å². The van der Waals surface area contributed by atoms with Crippen LogP contribution < -0.4 is 15.5 Å². The Kier molecular flexibility index (Phi) is 7.08. The second-order valence-electron chi connectivity index (χ2n) is 11.2. The largest absolute Gasteiger partial charge is 0.376 e. The van der Waals surface area contributed by atoms with Crippen molar-refractivity contribution in [3.8, 4) is 0 Å². The van der Waals surface area contributed by atoms with Crippen LogP contribution in [0.4, 0.5) is 11.5 Å². The maximum Gasteiger partial charge on any atom is 0.271 e. The van der Waals surface area contributed by atoms with Gasteiger partial charge in [-0.3, -0.25) is 9.79 Å². The predicted molar refractivity (Wildman–Crippen MR) is 149 cm³/mol. The van der Waals surface area contributed by atoms with Crippen molar-refractivity contribution in [1.29, 1.82) is 0 Å². The van der Waals surface area contributed by atoms with Crippen molar-refractivity contribution in [3.63, 3.8) is 0 Å². The SMILES string of the molecule is C[C@@H]1CCN(C2=NCc3nc(N4CCC5(CC4)CO[C@@H](C)[C@H]5N)cnc32)c2ccc(C(=O)N(C)C)nc21.Cl. The van der Waals surface area contributed by atoms with Crippen molar-refractivity contribution >= 4 is 35.7 Å². The number of carbonyl (C=O) groups excluding carboxylic acids is 1. The highest BCUT2D eigenvalue weighted by atomic mass is 35.5. The van der Waals surface area contributed by atoms with Crippen molar-refractivity contribution in [2.24, 2.45) is 16.1 Å². The molecule has 3 atom stereocenters. The number of nitrogens with two attached hydrogens (primary N) is 1. The molecule has 1 amide bonds. The lowest BCUT2D eigenvalue weighted by atomic mass is 9.73. The lowest BCUT2D eigenvalue weighted by Gasteiger charge is -2.41. The number of halogens is 1. The molecule has 10 nitrogen and oxygen atoms in total. The topological polar surface area (TPSA) is 113 Å². The summed E-state index contributed by atoms with van der Waals surface area (Å²) in [5.41, 5.74) is 10.7. The fourth-order valence-electron chi connectivity index (χ4n) is 6.16. The van der Waals surface area contributed by atoms with Gasteiger partial charge in [0.15, 0.2) is 5.84 Å². The van der Waals surface area contributed by atoms with Crippen LogP contribution >= 0.6 is 12.4 Å². The lowest BCUT2D eigenvalue weighted by molar-refractivity contribution is 0.0821. The first-order valence-electron chi connectivity index (χ1n) is 13.3. The number of amides is 1. The van der Waals surface area contributed by atoms with E-state index in [4.69, 9.17) is 30.4 Å². The van der Waals surface area contributed by atoms with E-state index < -0.39 is 0 Å². The molecule has 2 fully saturated rings. The van der Waals surface area contributed by atoms with E-state index in [1.165, 1.54) is 0 Å². The van der Waals surface area contributed by atoms with Gasteiger partial charge in [0, 0.05) is 51.1 Å². The normalized spacial score (nSPS) is 25.5. The zero-order chi connectivity index (χ0) is 25.9. The number of fused-ring (bicyclic) bond motifs is 2. The summed E-state index contributed by atoms with van der Waals surface area (Å²) < 4.78 is 5.87. The summed E-state index contributed by atoms with van der Waals surface area (Å²) >= 11 is 0. The third-order valence-corrected chi connectivity index (χ3v) is 8.68. The van der Waals surface area contributed by atoms with Crippen LogP contribution in [-0.2, 0) is 11.3 Å². The molecule has 0 aromatic carbocycles. The number of aromatic nitrogens is 3. The van der Waals surface area contributed by atoms with Crippen LogP contribution in [0.15, 0.2) is 23.3 Å². The number of carbonyl (C=O) groups is 1. The average molecular weight is 541 g/mol. The van der Waals surface area contributed by atoms with Gasteiger partial charge in [-0.25, -0.2) is 15.0 Å². The number of hydrogen-bond acceptors (Lipinski definition) is 9. The van der Waals surface area contributed by atoms with E-state index in [2.05, 4.69) is 23.6 Å². The van der Waals surface area contributed by atoms with Gasteiger partial charge in [0.05, 0.1) is 42.5 Å². The standard InChI is InChI=1S/C27H36N8O2.ClH/c1-16-7-10-35(20-6-5-18(32-22(16)20)26(36)33(3)4)25-23-19(13-30-25)31-21(14-29-23)34-11-8-27(9-12-34)15-37-17(2)24(27)28;/h5-6,14,16-17,24H,7-13,15,28H2,1-4H3;1H/t16-,17+,24-;/m1./s1. The summed E-state index contributed by atoms with van der Waals surface area (Å²) in [6.07, 6.45) is 4.95. The number of amidine groups is 1. The summed E-state index contributed by atoms with van der Waals surface area (Å²) in [5, 5.41) is 0. The van der Waals surface area contributed by atoms with Gasteiger partial charge in [0.1, 0.15) is 17.2 Å². The molecule has 0 radical (unpaired) electrons. The molecule has 11 heteroatoms. The molecule has 2 aromatic rings. The Hall–Kier alpha value is -2.82. The summed E-state index contributed by atoms with van der Waals surface area (Å²) in [7, 11) is 3.49. The Labute approximate surface area is 230 Å². The number of anilines is 2. The number of nitrogens with zero attached hydrogens (tertiary/aromatic N) is 7. The van der Waals surface area contributed by atoms with E-state index in [9.17, 15) is 4.79 Å². The summed E-state index contributed by atoms with van der Waals surface area (Å²) in [5.74, 6) is 1.93. The van der Waals surface area contributed by atoms with E-state index >= 15 is 0 Å². The highest BCUT2D eigenvalue weighted by Crippen LogP contribution is 2.42. The Bertz CT molecular complexity index is 1260. The van der Waals surface area contributed by atoms with Gasteiger partial charge in [0.2, 0.25) is 0 Å². The third-order valence-electron chi connectivity index (χ3n) is 8.68. The number of hydrogen-bond donors (Lipinski definition) is 1. The Morgan fingerprint density at radius 2 is 1.92 bits per heavy atom. The van der Waals surface area contributed by atoms with Gasteiger partial charge in [-0.15, -0.1) is 12.4 Å². The van der Waals surface area contributed by atoms with Gasteiger partial charge in [-0.05, 0) is 38.3 Å². The van der Waals surface area contributed by atoms with E-state index in [1.54, 1.807) is 19.0 Å². The van der Waals surface area contributed by atoms with Crippen LogP contribution in [0, 0.1) is 5.41 Å². The molecule has 0 aliphatic carbocycles. The molecule has 6 heterocycles. The molecule has 0 saturated carbocycles. The van der Waals surface area contributed by atoms with Crippen LogP contribution in [0.3, 0.4) is 0 Å². The third kappa shape index (κ3) is 4.32. The highest BCUT2D eigenvalue weighted by Gasteiger charge is 2.47. The van der Waals surface area contributed by atoms with Crippen molar-refractivity contribution < 1.29 is 9.53 Å². The maximum absolute atomic E-state index is 12.5. The van der Waals surface area contributed by atoms with Crippen molar-refractivity contribution in [1.82, 2.24) is 19.9 Å². The number of rotatable bonds is 2. The minimum absolute atomic E-state index is 0. The Morgan fingerprint density at radius 1 is 1.16 bits per heavy atom. The van der Waals surface area contributed by atoms with Crippen LogP contribution in [0.5, 0.6) is 0 Å². The smallest absolute Gasteiger partial charge is 0.271 e. The Balaban J connectivity index is 0.00000294. The summed E-state index contributed by atoms with van der Waals surface area (Å²) in [6, 6.07) is 3.90. The molecular weight excluding hydrogens is 504 g/mol. The zero-order valence-corrected chi connectivity index (χ0v) is 23.4. The van der Waals surface area contributed by atoms with E-state index in [0.29, 0.717) is 12.2 Å². The zero-order valence-electron chi connectivity index (χ0n) is 22.6. The van der Waals surface area contributed by atoms with E-state index in [0.717, 1.165) is 79.9 Å². The fraction of sp³-hybridized carbons (Fsp3) is 0.593. The van der Waals surface area contributed by atoms with E-state index in [1.807, 2.05) is 18.3 Å². The quantitative estimate of drug-likeness (QED) is 0.618. The summed E-state index contributed by atoms with van der Waals surface area (Å²) in [6.45, 7) is 8.15. The molecule has 38 heavy (non-hydrogen) atoms. The highest BCUT2D eigenvalue weighted by molar-refractivity contribution is 6.11. The average Bonchev–Trinajstić information content (AvgIpc) is 3.45. The Morgan fingerprint density at radius 3 is 2.61 bits per heavy atom. The van der Waals surface area contributed by atoms with Gasteiger partial charge in [0.25, 0.3) is 5.91 Å². The molecule has 6 rings (SSSR count). The number of ether oxygens (including phenoxy) is 1. The first-order chi connectivity index (χ1) is 17.8. The molecule has 0 unspecified atom stereocenters. The molecule has 4 aliphatic rings. The summed E-state index contributed by atoms with van der Waals surface area (Å²) in [4.78, 5) is 38.0. The number of pyridine rings is 1. The van der Waals surface area contributed by atoms with Gasteiger partial charge >= 0.3 is 0 Å². The molecular formula is C27H37ClN8O2. The minimum atomic E-state index is -0.0883. The van der Waals surface area contributed by atoms with Crippen molar-refractivity contribution in [3.05, 3.63) is 41.1 Å². The lowest BCUT2D eigenvalue weighted by Crippen LogP contribution is -2.50.